The maximum atomic E-state index is 12.4. The van der Waals surface area contributed by atoms with Gasteiger partial charge in [0.2, 0.25) is 0 Å². The molecule has 186 valence electrons. The molecular formula is C28H38O6. The van der Waals surface area contributed by atoms with Gasteiger partial charge in [-0.25, -0.2) is 9.59 Å². The van der Waals surface area contributed by atoms with Crippen molar-refractivity contribution >= 4 is 11.9 Å². The largest absolute Gasteiger partial charge is 0.494 e. The molecule has 2 rings (SSSR count). The van der Waals surface area contributed by atoms with Crippen molar-refractivity contribution in [2.45, 2.75) is 78.2 Å². The minimum absolute atomic E-state index is 0.299. The van der Waals surface area contributed by atoms with Crippen LogP contribution < -0.4 is 14.2 Å². The average Bonchev–Trinajstić information content (AvgIpc) is 2.84. The van der Waals surface area contributed by atoms with Crippen molar-refractivity contribution in [3.63, 3.8) is 0 Å². The fourth-order valence-corrected chi connectivity index (χ4v) is 3.38. The third-order valence-corrected chi connectivity index (χ3v) is 5.32. The summed E-state index contributed by atoms with van der Waals surface area (Å²) in [5.41, 5.74) is 0.440. The second-order valence-electron chi connectivity index (χ2n) is 8.22. The molecule has 0 unspecified atom stereocenters. The van der Waals surface area contributed by atoms with Crippen molar-refractivity contribution in [3.05, 3.63) is 54.1 Å². The Kier molecular flexibility index (Phi) is 12.6. The molecule has 0 amide bonds. The molecule has 0 aliphatic heterocycles. The molecule has 0 bridgehead atoms. The Hall–Kier alpha value is -3.02. The van der Waals surface area contributed by atoms with Crippen molar-refractivity contribution in [1.82, 2.24) is 0 Å². The Labute approximate surface area is 203 Å². The quantitative estimate of drug-likeness (QED) is 0.153. The first-order valence-corrected chi connectivity index (χ1v) is 12.4. The van der Waals surface area contributed by atoms with Crippen LogP contribution in [0.2, 0.25) is 0 Å². The van der Waals surface area contributed by atoms with Crippen LogP contribution in [0, 0.1) is 0 Å². The monoisotopic (exact) mass is 470 g/mol. The summed E-state index contributed by atoms with van der Waals surface area (Å²) in [6.07, 6.45) is 9.37. The molecule has 6 heteroatoms. The van der Waals surface area contributed by atoms with Crippen molar-refractivity contribution in [3.8, 4) is 17.2 Å². The van der Waals surface area contributed by atoms with Gasteiger partial charge in [0.25, 0.3) is 0 Å². The molecule has 0 aliphatic carbocycles. The van der Waals surface area contributed by atoms with Gasteiger partial charge in [-0.3, -0.25) is 0 Å². The standard InChI is InChI=1S/C28H38O6/c1-4-6-7-8-9-10-11-12-21-32-24-15-13-23(14-16-24)28(30)34-26-19-17-25(18-20-26)33-22(3)27(29)31-5-2/h13-20,22H,4-12,21H2,1-3H3/t22-/m0/s1. The van der Waals surface area contributed by atoms with Gasteiger partial charge in [-0.05, 0) is 68.8 Å². The molecule has 0 radical (unpaired) electrons. The van der Waals surface area contributed by atoms with Crippen LogP contribution in [-0.2, 0) is 9.53 Å². The van der Waals surface area contributed by atoms with Crippen LogP contribution in [0.3, 0.4) is 0 Å². The van der Waals surface area contributed by atoms with Gasteiger partial charge in [-0.1, -0.05) is 51.9 Å². The number of carbonyl (C=O) groups is 2. The number of rotatable bonds is 16. The van der Waals surface area contributed by atoms with Crippen LogP contribution in [0.5, 0.6) is 17.2 Å². The van der Waals surface area contributed by atoms with Gasteiger partial charge in [0, 0.05) is 0 Å². The van der Waals surface area contributed by atoms with Crippen LogP contribution in [0.1, 0.15) is 82.5 Å². The number of hydrogen-bond donors (Lipinski definition) is 0. The lowest BCUT2D eigenvalue weighted by Gasteiger charge is -2.13. The lowest BCUT2D eigenvalue weighted by atomic mass is 10.1. The second kappa shape index (κ2) is 15.8. The topological polar surface area (TPSA) is 71.1 Å². The number of hydrogen-bond acceptors (Lipinski definition) is 6. The predicted octanol–water partition coefficient (Wildman–Crippen LogP) is 6.76. The van der Waals surface area contributed by atoms with Crippen molar-refractivity contribution in [2.24, 2.45) is 0 Å². The molecule has 2 aromatic rings. The normalized spacial score (nSPS) is 11.5. The van der Waals surface area contributed by atoms with E-state index in [0.717, 1.165) is 12.2 Å². The number of ether oxygens (including phenoxy) is 4. The SMILES string of the molecule is CCCCCCCCCCOc1ccc(C(=O)Oc2ccc(O[C@@H](C)C(=O)OCC)cc2)cc1. The van der Waals surface area contributed by atoms with Gasteiger partial charge in [-0.15, -0.1) is 0 Å². The first-order valence-electron chi connectivity index (χ1n) is 12.4. The molecule has 0 saturated carbocycles. The van der Waals surface area contributed by atoms with E-state index in [4.69, 9.17) is 18.9 Å². The Morgan fingerprint density at radius 2 is 1.29 bits per heavy atom. The molecule has 2 aromatic carbocycles. The molecule has 0 aromatic heterocycles. The maximum Gasteiger partial charge on any atom is 0.347 e. The van der Waals surface area contributed by atoms with Crippen LogP contribution in [-0.4, -0.2) is 31.3 Å². The third kappa shape index (κ3) is 10.3. The molecule has 1 atom stereocenters. The van der Waals surface area contributed by atoms with Crippen molar-refractivity contribution < 1.29 is 28.5 Å². The van der Waals surface area contributed by atoms with Crippen molar-refractivity contribution in [1.29, 1.82) is 0 Å². The predicted molar refractivity (Wildman–Crippen MR) is 133 cm³/mol. The molecule has 0 saturated heterocycles. The molecule has 0 spiro atoms. The number of benzene rings is 2. The maximum absolute atomic E-state index is 12.4. The zero-order valence-electron chi connectivity index (χ0n) is 20.7. The second-order valence-corrected chi connectivity index (χ2v) is 8.22. The molecule has 34 heavy (non-hydrogen) atoms. The van der Waals surface area contributed by atoms with Gasteiger partial charge >= 0.3 is 11.9 Å². The fraction of sp³-hybridized carbons (Fsp3) is 0.500. The molecular weight excluding hydrogens is 432 g/mol. The third-order valence-electron chi connectivity index (χ3n) is 5.32. The molecule has 0 aliphatic rings. The first-order chi connectivity index (χ1) is 16.5. The Balaban J connectivity index is 1.70. The minimum atomic E-state index is -0.718. The van der Waals surface area contributed by atoms with E-state index in [2.05, 4.69) is 6.92 Å². The summed E-state index contributed by atoms with van der Waals surface area (Å²) in [6.45, 7) is 6.58. The highest BCUT2D eigenvalue weighted by atomic mass is 16.6. The molecule has 6 nitrogen and oxygen atoms in total. The van der Waals surface area contributed by atoms with Gasteiger partial charge in [0.1, 0.15) is 17.2 Å². The first kappa shape index (κ1) is 27.2. The van der Waals surface area contributed by atoms with Crippen LogP contribution in [0.15, 0.2) is 48.5 Å². The lowest BCUT2D eigenvalue weighted by molar-refractivity contribution is -0.150. The van der Waals surface area contributed by atoms with Crippen LogP contribution in [0.4, 0.5) is 0 Å². The van der Waals surface area contributed by atoms with E-state index in [1.807, 2.05) is 0 Å². The zero-order chi connectivity index (χ0) is 24.6. The Morgan fingerprint density at radius 1 is 0.735 bits per heavy atom. The number of unbranched alkanes of at least 4 members (excludes halogenated alkanes) is 7. The average molecular weight is 471 g/mol. The summed E-state index contributed by atoms with van der Waals surface area (Å²) in [4.78, 5) is 24.1. The van der Waals surface area contributed by atoms with E-state index >= 15 is 0 Å². The van der Waals surface area contributed by atoms with Gasteiger partial charge < -0.3 is 18.9 Å². The molecule has 0 heterocycles. The summed E-state index contributed by atoms with van der Waals surface area (Å²) in [6, 6.07) is 13.5. The van der Waals surface area contributed by atoms with E-state index in [9.17, 15) is 9.59 Å². The highest BCUT2D eigenvalue weighted by Crippen LogP contribution is 2.21. The minimum Gasteiger partial charge on any atom is -0.494 e. The fourth-order valence-electron chi connectivity index (χ4n) is 3.38. The molecule has 0 N–H and O–H groups in total. The van der Waals surface area contributed by atoms with Crippen LogP contribution in [0.25, 0.3) is 0 Å². The van der Waals surface area contributed by atoms with E-state index in [-0.39, 0.29) is 0 Å². The van der Waals surface area contributed by atoms with E-state index in [0.29, 0.717) is 30.3 Å². The van der Waals surface area contributed by atoms with Crippen molar-refractivity contribution in [2.75, 3.05) is 13.2 Å². The lowest BCUT2D eigenvalue weighted by Crippen LogP contribution is -2.26. The zero-order valence-corrected chi connectivity index (χ0v) is 20.7. The van der Waals surface area contributed by atoms with Gasteiger partial charge in [0.15, 0.2) is 6.10 Å². The van der Waals surface area contributed by atoms with Gasteiger partial charge in [-0.2, -0.15) is 0 Å². The van der Waals surface area contributed by atoms with E-state index in [1.54, 1.807) is 62.4 Å². The summed E-state index contributed by atoms with van der Waals surface area (Å²) in [7, 11) is 0. The summed E-state index contributed by atoms with van der Waals surface area (Å²) < 4.78 is 21.7. The van der Waals surface area contributed by atoms with E-state index in [1.165, 1.54) is 44.9 Å². The highest BCUT2D eigenvalue weighted by molar-refractivity contribution is 5.91. The summed E-state index contributed by atoms with van der Waals surface area (Å²) >= 11 is 0. The number of carbonyl (C=O) groups excluding carboxylic acids is 2. The number of esters is 2. The highest BCUT2D eigenvalue weighted by Gasteiger charge is 2.16. The Morgan fingerprint density at radius 3 is 1.91 bits per heavy atom. The Bertz CT molecular complexity index is 844. The molecule has 0 fully saturated rings. The van der Waals surface area contributed by atoms with Crippen LogP contribution >= 0.6 is 0 Å². The van der Waals surface area contributed by atoms with Gasteiger partial charge in [0.05, 0.1) is 18.8 Å². The summed E-state index contributed by atoms with van der Waals surface area (Å²) in [5.74, 6) is 0.734. The summed E-state index contributed by atoms with van der Waals surface area (Å²) in [5, 5.41) is 0. The smallest absolute Gasteiger partial charge is 0.347 e. The van der Waals surface area contributed by atoms with E-state index < -0.39 is 18.0 Å².